The first-order valence-corrected chi connectivity index (χ1v) is 8.66. The predicted molar refractivity (Wildman–Crippen MR) is 100 cm³/mol. The van der Waals surface area contributed by atoms with Gasteiger partial charge in [-0.05, 0) is 53.9 Å². The number of hydrogen-bond acceptors (Lipinski definition) is 4. The highest BCUT2D eigenvalue weighted by molar-refractivity contribution is 5.73. The van der Waals surface area contributed by atoms with Gasteiger partial charge in [0, 0.05) is 6.61 Å². The fraction of sp³-hybridized carbons (Fsp3) is 0.143. The maximum atomic E-state index is 13.1. The van der Waals surface area contributed by atoms with Crippen LogP contribution in [0.4, 0.5) is 4.39 Å². The van der Waals surface area contributed by atoms with Crippen molar-refractivity contribution in [3.05, 3.63) is 83.7 Å². The van der Waals surface area contributed by atoms with Crippen molar-refractivity contribution >= 4 is 11.0 Å². The molecule has 0 aliphatic heterocycles. The van der Waals surface area contributed by atoms with Crippen LogP contribution >= 0.6 is 0 Å². The Bertz CT molecular complexity index is 1030. The lowest BCUT2D eigenvalue weighted by atomic mass is 10.1. The second kappa shape index (κ2) is 7.55. The second-order valence-corrected chi connectivity index (χ2v) is 6.17. The summed E-state index contributed by atoms with van der Waals surface area (Å²) in [6.07, 6.45) is 0.534. The molecule has 0 bridgehead atoms. The Hall–Kier alpha value is -3.25. The highest BCUT2D eigenvalue weighted by Gasteiger charge is 2.12. The number of benzene rings is 3. The van der Waals surface area contributed by atoms with Gasteiger partial charge in [-0.3, -0.25) is 0 Å². The van der Waals surface area contributed by atoms with Crippen molar-refractivity contribution in [3.63, 3.8) is 0 Å². The van der Waals surface area contributed by atoms with Crippen LogP contribution in [0.3, 0.4) is 0 Å². The molecule has 4 rings (SSSR count). The molecule has 0 saturated heterocycles. The molecule has 6 heteroatoms. The van der Waals surface area contributed by atoms with Crippen molar-refractivity contribution in [1.29, 1.82) is 0 Å². The van der Waals surface area contributed by atoms with Gasteiger partial charge in [0.2, 0.25) is 0 Å². The first-order chi connectivity index (χ1) is 13.2. The monoisotopic (exact) mass is 363 g/mol. The zero-order valence-corrected chi connectivity index (χ0v) is 14.5. The zero-order chi connectivity index (χ0) is 18.6. The molecule has 0 atom stereocenters. The van der Waals surface area contributed by atoms with Crippen LogP contribution in [0.15, 0.2) is 66.7 Å². The number of aromatic nitrogens is 3. The molecular formula is C21H18FN3O2. The van der Waals surface area contributed by atoms with Crippen LogP contribution in [0, 0.1) is 5.82 Å². The predicted octanol–water partition coefficient (Wildman–Crippen LogP) is 3.67. The molecule has 5 nitrogen and oxygen atoms in total. The summed E-state index contributed by atoms with van der Waals surface area (Å²) in [6, 6.07) is 19.5. The molecule has 1 heterocycles. The number of aliphatic hydroxyl groups excluding tert-OH is 1. The van der Waals surface area contributed by atoms with Gasteiger partial charge in [0.1, 0.15) is 34.9 Å². The van der Waals surface area contributed by atoms with Gasteiger partial charge >= 0.3 is 0 Å². The van der Waals surface area contributed by atoms with Gasteiger partial charge in [0.15, 0.2) is 0 Å². The van der Waals surface area contributed by atoms with Gasteiger partial charge in [-0.15, -0.1) is 15.0 Å². The summed E-state index contributed by atoms with van der Waals surface area (Å²) in [7, 11) is 0. The molecular weight excluding hydrogens is 345 g/mol. The third-order valence-corrected chi connectivity index (χ3v) is 4.23. The summed E-state index contributed by atoms with van der Waals surface area (Å²) < 4.78 is 19.0. The molecule has 0 spiro atoms. The van der Waals surface area contributed by atoms with Crippen LogP contribution in [-0.4, -0.2) is 26.7 Å². The summed E-state index contributed by atoms with van der Waals surface area (Å²) in [6.45, 7) is 0.358. The van der Waals surface area contributed by atoms with Gasteiger partial charge in [0.05, 0.1) is 0 Å². The van der Waals surface area contributed by atoms with Crippen molar-refractivity contribution in [3.8, 4) is 11.4 Å². The second-order valence-electron chi connectivity index (χ2n) is 6.17. The van der Waals surface area contributed by atoms with Crippen LogP contribution in [0.2, 0.25) is 0 Å². The van der Waals surface area contributed by atoms with Crippen molar-refractivity contribution in [1.82, 2.24) is 15.0 Å². The van der Waals surface area contributed by atoms with Crippen molar-refractivity contribution in [2.45, 2.75) is 13.0 Å². The maximum absolute atomic E-state index is 13.1. The molecule has 1 aromatic heterocycles. The van der Waals surface area contributed by atoms with E-state index in [4.69, 9.17) is 4.74 Å². The van der Waals surface area contributed by atoms with Crippen molar-refractivity contribution < 1.29 is 14.2 Å². The van der Waals surface area contributed by atoms with E-state index in [0.717, 1.165) is 22.2 Å². The Balaban J connectivity index is 1.68. The summed E-state index contributed by atoms with van der Waals surface area (Å²) in [4.78, 5) is 1.55. The van der Waals surface area contributed by atoms with E-state index in [1.54, 1.807) is 16.9 Å². The van der Waals surface area contributed by atoms with E-state index in [-0.39, 0.29) is 12.4 Å². The highest BCUT2D eigenvalue weighted by Crippen LogP contribution is 2.26. The van der Waals surface area contributed by atoms with Crippen LogP contribution in [-0.2, 0) is 13.0 Å². The van der Waals surface area contributed by atoms with E-state index < -0.39 is 0 Å². The summed E-state index contributed by atoms with van der Waals surface area (Å²) in [5.41, 5.74) is 4.09. The number of rotatable bonds is 6. The van der Waals surface area contributed by atoms with Crippen LogP contribution in [0.5, 0.6) is 5.75 Å². The van der Waals surface area contributed by atoms with Crippen molar-refractivity contribution in [2.75, 3.05) is 6.61 Å². The normalized spacial score (nSPS) is 11.0. The Labute approximate surface area is 155 Å². The fourth-order valence-corrected chi connectivity index (χ4v) is 2.84. The molecule has 0 radical (unpaired) electrons. The number of ether oxygens (including phenoxy) is 1. The average Bonchev–Trinajstić information content (AvgIpc) is 3.12. The summed E-state index contributed by atoms with van der Waals surface area (Å²) >= 11 is 0. The van der Waals surface area contributed by atoms with Gasteiger partial charge in [-0.1, -0.05) is 30.3 Å². The third-order valence-electron chi connectivity index (χ3n) is 4.23. The third kappa shape index (κ3) is 3.80. The number of aliphatic hydroxyl groups is 1. The molecule has 0 unspecified atom stereocenters. The topological polar surface area (TPSA) is 60.2 Å². The Kier molecular flexibility index (Phi) is 4.80. The van der Waals surface area contributed by atoms with E-state index >= 15 is 0 Å². The van der Waals surface area contributed by atoms with Crippen LogP contribution in [0.1, 0.15) is 11.1 Å². The number of halogens is 1. The molecule has 0 aliphatic rings. The molecule has 1 N–H and O–H groups in total. The first-order valence-electron chi connectivity index (χ1n) is 8.66. The lowest BCUT2D eigenvalue weighted by Crippen LogP contribution is -2.05. The first kappa shape index (κ1) is 17.2. The summed E-state index contributed by atoms with van der Waals surface area (Å²) in [5.74, 6) is 0.335. The SMILES string of the molecule is OCCc1ccc(OCc2ccc(F)cc2)c(-n2nc3ccccc3n2)c1. The molecule has 4 aromatic rings. The van der Waals surface area contributed by atoms with Gasteiger partial charge < -0.3 is 9.84 Å². The molecule has 0 amide bonds. The summed E-state index contributed by atoms with van der Waals surface area (Å²) in [5, 5.41) is 18.3. The molecule has 3 aromatic carbocycles. The highest BCUT2D eigenvalue weighted by atomic mass is 19.1. The molecule has 27 heavy (non-hydrogen) atoms. The van der Waals surface area contributed by atoms with E-state index in [9.17, 15) is 9.50 Å². The minimum Gasteiger partial charge on any atom is -0.487 e. The minimum atomic E-state index is -0.278. The van der Waals surface area contributed by atoms with Gasteiger partial charge in [0.25, 0.3) is 0 Å². The average molecular weight is 363 g/mol. The lowest BCUT2D eigenvalue weighted by molar-refractivity contribution is 0.297. The number of fused-ring (bicyclic) bond motifs is 1. The van der Waals surface area contributed by atoms with E-state index in [1.165, 1.54) is 12.1 Å². The minimum absolute atomic E-state index is 0.0593. The van der Waals surface area contributed by atoms with Gasteiger partial charge in [-0.2, -0.15) is 0 Å². The fourth-order valence-electron chi connectivity index (χ4n) is 2.84. The number of hydrogen-bond donors (Lipinski definition) is 1. The molecule has 0 aliphatic carbocycles. The van der Waals surface area contributed by atoms with E-state index in [1.807, 2.05) is 42.5 Å². The van der Waals surface area contributed by atoms with Crippen LogP contribution < -0.4 is 4.74 Å². The van der Waals surface area contributed by atoms with E-state index in [2.05, 4.69) is 10.2 Å². The molecule has 0 fully saturated rings. The zero-order valence-electron chi connectivity index (χ0n) is 14.5. The van der Waals surface area contributed by atoms with Crippen LogP contribution in [0.25, 0.3) is 16.7 Å². The van der Waals surface area contributed by atoms with Crippen molar-refractivity contribution in [2.24, 2.45) is 0 Å². The Morgan fingerprint density at radius 3 is 2.22 bits per heavy atom. The maximum Gasteiger partial charge on any atom is 0.147 e. The largest absolute Gasteiger partial charge is 0.487 e. The standard InChI is InChI=1S/C21H18FN3O2/c22-17-8-5-16(6-9-17)14-27-21-10-7-15(11-12-26)13-20(21)25-23-18-3-1-2-4-19(18)24-25/h1-10,13,26H,11-12,14H2. The van der Waals surface area contributed by atoms with Gasteiger partial charge in [-0.25, -0.2) is 4.39 Å². The van der Waals surface area contributed by atoms with E-state index in [0.29, 0.717) is 24.5 Å². The quantitative estimate of drug-likeness (QED) is 0.568. The molecule has 136 valence electrons. The smallest absolute Gasteiger partial charge is 0.147 e. The Morgan fingerprint density at radius 2 is 1.56 bits per heavy atom. The number of nitrogens with zero attached hydrogens (tertiary/aromatic N) is 3. The Morgan fingerprint density at radius 1 is 0.889 bits per heavy atom. The molecule has 0 saturated carbocycles. The lowest BCUT2D eigenvalue weighted by Gasteiger charge is -2.12.